The van der Waals surface area contributed by atoms with Crippen LogP contribution in [-0.4, -0.2) is 20.8 Å². The summed E-state index contributed by atoms with van der Waals surface area (Å²) >= 11 is 0. The lowest BCUT2D eigenvalue weighted by molar-refractivity contribution is -0.143. The monoisotopic (exact) mass is 389 g/mol. The second-order valence-electron chi connectivity index (χ2n) is 6.07. The molecular formula is C17H13F6N3O. The number of hydrogen-bond acceptors (Lipinski definition) is 3. The number of carbonyl (C=O) groups is 1. The standard InChI is InChI=1S/C17H13F6N3O/c1-2-14-24-6-10-7-26(8-13(10)25-14)15(27)9-3-11(16(18,19)20)5-12(4-9)17(21,22)23/h3-6H,2,7-8H2,1H3. The molecule has 2 heterocycles. The highest BCUT2D eigenvalue weighted by atomic mass is 19.4. The molecule has 0 saturated carbocycles. The van der Waals surface area contributed by atoms with E-state index < -0.39 is 35.0 Å². The van der Waals surface area contributed by atoms with Gasteiger partial charge in [0.15, 0.2) is 0 Å². The Hall–Kier alpha value is -2.65. The molecule has 0 atom stereocenters. The smallest absolute Gasteiger partial charge is 0.328 e. The number of fused-ring (bicyclic) bond motifs is 1. The van der Waals surface area contributed by atoms with Gasteiger partial charge in [0, 0.05) is 30.3 Å². The maximum absolute atomic E-state index is 13.0. The second kappa shape index (κ2) is 6.50. The van der Waals surface area contributed by atoms with Gasteiger partial charge in [-0.05, 0) is 18.2 Å². The Labute approximate surface area is 149 Å². The molecule has 2 aromatic rings. The van der Waals surface area contributed by atoms with E-state index in [0.717, 1.165) is 4.90 Å². The first kappa shape index (κ1) is 19.1. The highest BCUT2D eigenvalue weighted by Crippen LogP contribution is 2.37. The molecule has 0 N–H and O–H groups in total. The summed E-state index contributed by atoms with van der Waals surface area (Å²) in [6.45, 7) is 1.86. The SMILES string of the molecule is CCc1ncc2c(n1)CN(C(=O)c1cc(C(F)(F)F)cc(C(F)(F)F)c1)C2. The number of aryl methyl sites for hydroxylation is 1. The van der Waals surface area contributed by atoms with Crippen LogP contribution < -0.4 is 0 Å². The summed E-state index contributed by atoms with van der Waals surface area (Å²) < 4.78 is 77.8. The molecule has 3 rings (SSSR count). The van der Waals surface area contributed by atoms with E-state index in [9.17, 15) is 31.1 Å². The normalized spacial score (nSPS) is 14.4. The summed E-state index contributed by atoms with van der Waals surface area (Å²) in [5, 5.41) is 0. The molecule has 10 heteroatoms. The van der Waals surface area contributed by atoms with Crippen LogP contribution in [0.3, 0.4) is 0 Å². The third-order valence-electron chi connectivity index (χ3n) is 4.14. The van der Waals surface area contributed by atoms with Crippen molar-refractivity contribution in [1.29, 1.82) is 0 Å². The molecule has 0 unspecified atom stereocenters. The molecule has 27 heavy (non-hydrogen) atoms. The molecule has 144 valence electrons. The Morgan fingerprint density at radius 2 is 1.63 bits per heavy atom. The van der Waals surface area contributed by atoms with Crippen molar-refractivity contribution in [1.82, 2.24) is 14.9 Å². The van der Waals surface area contributed by atoms with Crippen molar-refractivity contribution in [3.63, 3.8) is 0 Å². The highest BCUT2D eigenvalue weighted by molar-refractivity contribution is 5.95. The van der Waals surface area contributed by atoms with Crippen molar-refractivity contribution in [2.75, 3.05) is 0 Å². The van der Waals surface area contributed by atoms with Gasteiger partial charge in [0.2, 0.25) is 0 Å². The number of nitrogens with zero attached hydrogens (tertiary/aromatic N) is 3. The van der Waals surface area contributed by atoms with E-state index in [4.69, 9.17) is 0 Å². The van der Waals surface area contributed by atoms with Gasteiger partial charge < -0.3 is 4.90 Å². The zero-order valence-electron chi connectivity index (χ0n) is 13.9. The predicted molar refractivity (Wildman–Crippen MR) is 81.4 cm³/mol. The van der Waals surface area contributed by atoms with Gasteiger partial charge in [0.25, 0.3) is 5.91 Å². The zero-order valence-corrected chi connectivity index (χ0v) is 13.9. The van der Waals surface area contributed by atoms with E-state index >= 15 is 0 Å². The summed E-state index contributed by atoms with van der Waals surface area (Å²) in [5.41, 5.74) is -2.56. The first-order valence-corrected chi connectivity index (χ1v) is 7.91. The van der Waals surface area contributed by atoms with E-state index in [2.05, 4.69) is 9.97 Å². The lowest BCUT2D eigenvalue weighted by Gasteiger charge is -2.18. The molecule has 1 aliphatic rings. The minimum absolute atomic E-state index is 0.00127. The Kier molecular flexibility index (Phi) is 4.61. The molecule has 0 saturated heterocycles. The number of halogens is 6. The van der Waals surface area contributed by atoms with Crippen molar-refractivity contribution in [2.45, 2.75) is 38.8 Å². The Morgan fingerprint density at radius 1 is 1.04 bits per heavy atom. The Morgan fingerprint density at radius 3 is 2.15 bits per heavy atom. The lowest BCUT2D eigenvalue weighted by atomic mass is 10.0. The molecule has 1 aromatic carbocycles. The van der Waals surface area contributed by atoms with Gasteiger partial charge in [0.05, 0.1) is 23.4 Å². The van der Waals surface area contributed by atoms with Crippen LogP contribution in [0.2, 0.25) is 0 Å². The maximum atomic E-state index is 13.0. The van der Waals surface area contributed by atoms with E-state index in [0.29, 0.717) is 35.6 Å². The molecule has 0 spiro atoms. The van der Waals surface area contributed by atoms with Crippen molar-refractivity contribution in [3.05, 3.63) is 58.2 Å². The summed E-state index contributed by atoms with van der Waals surface area (Å²) in [6.07, 6.45) is -7.94. The van der Waals surface area contributed by atoms with Crippen LogP contribution in [-0.2, 0) is 31.9 Å². The lowest BCUT2D eigenvalue weighted by Crippen LogP contribution is -2.26. The van der Waals surface area contributed by atoms with Gasteiger partial charge in [-0.1, -0.05) is 6.92 Å². The summed E-state index contributed by atoms with van der Waals surface area (Å²) in [6, 6.07) is 0.863. The number of aromatic nitrogens is 2. The van der Waals surface area contributed by atoms with Gasteiger partial charge in [-0.3, -0.25) is 4.79 Å². The molecule has 4 nitrogen and oxygen atoms in total. The number of benzene rings is 1. The number of alkyl halides is 6. The fourth-order valence-corrected chi connectivity index (χ4v) is 2.77. The van der Waals surface area contributed by atoms with Crippen molar-refractivity contribution >= 4 is 5.91 Å². The Bertz CT molecular complexity index is 859. The third-order valence-corrected chi connectivity index (χ3v) is 4.14. The number of amides is 1. The Balaban J connectivity index is 1.95. The summed E-state index contributed by atoms with van der Waals surface area (Å²) in [5.74, 6) is -0.385. The molecular weight excluding hydrogens is 376 g/mol. The summed E-state index contributed by atoms with van der Waals surface area (Å²) in [4.78, 5) is 22.0. The number of carbonyl (C=O) groups excluding carboxylic acids is 1. The quantitative estimate of drug-likeness (QED) is 0.722. The molecule has 0 fully saturated rings. The minimum atomic E-state index is -5.01. The van der Waals surface area contributed by atoms with Crippen LogP contribution >= 0.6 is 0 Å². The van der Waals surface area contributed by atoms with Gasteiger partial charge in [-0.2, -0.15) is 26.3 Å². The van der Waals surface area contributed by atoms with Crippen molar-refractivity contribution in [3.8, 4) is 0 Å². The maximum Gasteiger partial charge on any atom is 0.416 e. The molecule has 1 aromatic heterocycles. The van der Waals surface area contributed by atoms with Crippen molar-refractivity contribution in [2.24, 2.45) is 0 Å². The topological polar surface area (TPSA) is 46.1 Å². The van der Waals surface area contributed by atoms with Crippen LogP contribution in [0.5, 0.6) is 0 Å². The first-order chi connectivity index (χ1) is 12.5. The van der Waals surface area contributed by atoms with E-state index in [1.807, 2.05) is 6.92 Å². The van der Waals surface area contributed by atoms with Crippen LogP contribution in [0.1, 0.15) is 45.5 Å². The largest absolute Gasteiger partial charge is 0.416 e. The summed E-state index contributed by atoms with van der Waals surface area (Å²) in [7, 11) is 0. The molecule has 0 aliphatic carbocycles. The minimum Gasteiger partial charge on any atom is -0.328 e. The van der Waals surface area contributed by atoms with Crippen LogP contribution in [0.4, 0.5) is 26.3 Å². The van der Waals surface area contributed by atoms with Gasteiger partial charge in [-0.15, -0.1) is 0 Å². The fraction of sp³-hybridized carbons (Fsp3) is 0.353. The van der Waals surface area contributed by atoms with Gasteiger partial charge in [0.1, 0.15) is 5.82 Å². The van der Waals surface area contributed by atoms with Crippen LogP contribution in [0.15, 0.2) is 24.4 Å². The second-order valence-corrected chi connectivity index (χ2v) is 6.07. The number of hydrogen-bond donors (Lipinski definition) is 0. The molecule has 0 radical (unpaired) electrons. The predicted octanol–water partition coefficient (Wildman–Crippen LogP) is 4.23. The van der Waals surface area contributed by atoms with E-state index in [1.54, 1.807) is 0 Å². The van der Waals surface area contributed by atoms with Crippen LogP contribution in [0, 0.1) is 0 Å². The average Bonchev–Trinajstić information content (AvgIpc) is 3.02. The first-order valence-electron chi connectivity index (χ1n) is 7.91. The number of rotatable bonds is 2. The fourth-order valence-electron chi connectivity index (χ4n) is 2.77. The van der Waals surface area contributed by atoms with Crippen LogP contribution in [0.25, 0.3) is 0 Å². The third kappa shape index (κ3) is 3.88. The zero-order chi connectivity index (χ0) is 20.0. The van der Waals surface area contributed by atoms with E-state index in [1.165, 1.54) is 6.20 Å². The molecule has 1 amide bonds. The molecule has 0 bridgehead atoms. The van der Waals surface area contributed by atoms with E-state index in [-0.39, 0.29) is 19.2 Å². The van der Waals surface area contributed by atoms with Gasteiger partial charge >= 0.3 is 12.4 Å². The molecule has 1 aliphatic heterocycles. The van der Waals surface area contributed by atoms with Gasteiger partial charge in [-0.25, -0.2) is 9.97 Å². The highest BCUT2D eigenvalue weighted by Gasteiger charge is 2.38. The average molecular weight is 389 g/mol. The van der Waals surface area contributed by atoms with Crippen molar-refractivity contribution < 1.29 is 31.1 Å².